The van der Waals surface area contributed by atoms with Crippen molar-refractivity contribution in [3.63, 3.8) is 0 Å². The van der Waals surface area contributed by atoms with Crippen LogP contribution in [0.15, 0.2) is 34.8 Å². The van der Waals surface area contributed by atoms with Crippen molar-refractivity contribution in [2.24, 2.45) is 17.3 Å². The second-order valence-electron chi connectivity index (χ2n) is 12.6. The fourth-order valence-electron chi connectivity index (χ4n) is 5.76. The first-order valence-electron chi connectivity index (χ1n) is 15.8. The maximum absolute atomic E-state index is 14.0. The van der Waals surface area contributed by atoms with Crippen LogP contribution in [0.2, 0.25) is 18.1 Å². The Balaban J connectivity index is 2.59. The summed E-state index contributed by atoms with van der Waals surface area (Å²) in [5.41, 5.74) is 1.93. The quantitative estimate of drug-likeness (QED) is 0.233. The number of carbonyl (C=O) groups excluding carboxylic acids is 2. The molecule has 0 saturated carbocycles. The monoisotopic (exact) mass is 617 g/mol. The van der Waals surface area contributed by atoms with Gasteiger partial charge in [0.2, 0.25) is 0 Å². The van der Waals surface area contributed by atoms with Gasteiger partial charge in [0, 0.05) is 23.1 Å². The van der Waals surface area contributed by atoms with Crippen LogP contribution < -0.4 is 0 Å². The maximum atomic E-state index is 14.0. The standard InChI is InChI=1S/C34H55NO5SSi/c1-11-27-17-15-16-23(5)32(37)25(7)33(38)34(9,10)30(40-42(12-2,13-3)14-4)21-31(36)39-29(19-18-27)24(6)20-28-22-41-26(8)35-28/h15,17-18,20,22-23,25,29-30,32,37H,11-14,16,19,21H2,1-10H3/b17-15+,24-20+,27-18-/t23-,25+,29-,30-,32-/m0/s1. The highest BCUT2D eigenvalue weighted by atomic mass is 32.1. The fourth-order valence-corrected chi connectivity index (χ4v) is 9.31. The number of Topliss-reactive ketones (excluding diaryl/α,β-unsaturated/α-hetero) is 1. The molecule has 6 nitrogen and oxygen atoms in total. The molecule has 0 amide bonds. The van der Waals surface area contributed by atoms with Crippen molar-refractivity contribution in [1.29, 1.82) is 0 Å². The smallest absolute Gasteiger partial charge is 0.309 e. The zero-order valence-electron chi connectivity index (χ0n) is 27.7. The number of carbonyl (C=O) groups is 2. The molecule has 0 aliphatic carbocycles. The lowest BCUT2D eigenvalue weighted by Crippen LogP contribution is -2.51. The molecular weight excluding hydrogens is 563 g/mol. The number of allylic oxidation sites excluding steroid dienone is 3. The third-order valence-electron chi connectivity index (χ3n) is 9.26. The number of hydrogen-bond donors (Lipinski definition) is 1. The topological polar surface area (TPSA) is 85.7 Å². The molecule has 236 valence electrons. The zero-order valence-corrected chi connectivity index (χ0v) is 29.5. The first-order chi connectivity index (χ1) is 19.7. The highest BCUT2D eigenvalue weighted by Crippen LogP contribution is 2.37. The van der Waals surface area contributed by atoms with Crippen LogP contribution in [0.25, 0.3) is 6.08 Å². The summed E-state index contributed by atoms with van der Waals surface area (Å²) in [6.45, 7) is 20.0. The molecule has 0 saturated heterocycles. The van der Waals surface area contributed by atoms with Crippen LogP contribution in [-0.2, 0) is 18.8 Å². The van der Waals surface area contributed by atoms with Gasteiger partial charge in [0.1, 0.15) is 11.9 Å². The van der Waals surface area contributed by atoms with Crippen LogP contribution >= 0.6 is 11.3 Å². The van der Waals surface area contributed by atoms with Crippen molar-refractivity contribution < 1.29 is 23.9 Å². The van der Waals surface area contributed by atoms with Gasteiger partial charge in [0.05, 0.1) is 29.3 Å². The second-order valence-corrected chi connectivity index (χ2v) is 18.3. The van der Waals surface area contributed by atoms with Gasteiger partial charge in [-0.05, 0) is 62.4 Å². The zero-order chi connectivity index (χ0) is 31.7. The largest absolute Gasteiger partial charge is 0.457 e. The number of hydrogen-bond acceptors (Lipinski definition) is 7. The van der Waals surface area contributed by atoms with Crippen LogP contribution in [0, 0.1) is 24.2 Å². The minimum Gasteiger partial charge on any atom is -0.457 e. The van der Waals surface area contributed by atoms with E-state index in [0.717, 1.165) is 46.4 Å². The summed E-state index contributed by atoms with van der Waals surface area (Å²) < 4.78 is 13.1. The number of aromatic nitrogens is 1. The number of thiazole rings is 1. The minimum absolute atomic E-state index is 0.0182. The molecule has 0 spiro atoms. The van der Waals surface area contributed by atoms with Gasteiger partial charge in [0.15, 0.2) is 8.32 Å². The molecule has 0 fully saturated rings. The normalized spacial score (nSPS) is 29.1. The van der Waals surface area contributed by atoms with Gasteiger partial charge >= 0.3 is 5.97 Å². The van der Waals surface area contributed by atoms with Crippen LogP contribution in [0.3, 0.4) is 0 Å². The van der Waals surface area contributed by atoms with Gasteiger partial charge in [-0.25, -0.2) is 4.98 Å². The summed E-state index contributed by atoms with van der Waals surface area (Å²) in [6, 6.07) is 2.71. The summed E-state index contributed by atoms with van der Waals surface area (Å²) in [7, 11) is -2.19. The van der Waals surface area contributed by atoms with Crippen molar-refractivity contribution in [1.82, 2.24) is 4.98 Å². The molecule has 8 heteroatoms. The van der Waals surface area contributed by atoms with E-state index in [4.69, 9.17) is 9.16 Å². The Morgan fingerprint density at radius 1 is 1.17 bits per heavy atom. The van der Waals surface area contributed by atoms with Crippen molar-refractivity contribution in [2.45, 2.75) is 131 Å². The molecule has 0 radical (unpaired) electrons. The first-order valence-corrected chi connectivity index (χ1v) is 19.2. The third-order valence-corrected chi connectivity index (χ3v) is 14.7. The number of aliphatic hydroxyl groups is 1. The second kappa shape index (κ2) is 16.3. The number of ketones is 1. The Kier molecular flexibility index (Phi) is 14.1. The lowest BCUT2D eigenvalue weighted by Gasteiger charge is -2.42. The van der Waals surface area contributed by atoms with Crippen molar-refractivity contribution >= 4 is 37.5 Å². The molecule has 1 N–H and O–H groups in total. The summed E-state index contributed by atoms with van der Waals surface area (Å²) in [5.74, 6) is -1.15. The average Bonchev–Trinajstić information content (AvgIpc) is 3.38. The van der Waals surface area contributed by atoms with Gasteiger partial charge in [-0.2, -0.15) is 0 Å². The predicted molar refractivity (Wildman–Crippen MR) is 177 cm³/mol. The van der Waals surface area contributed by atoms with E-state index in [1.165, 1.54) is 0 Å². The summed E-state index contributed by atoms with van der Waals surface area (Å²) >= 11 is 1.59. The average molecular weight is 618 g/mol. The minimum atomic E-state index is -2.19. The molecular formula is C34H55NO5SSi. The SMILES string of the molecule is CCC1=C/C[C@@H](/C(C)=C/c2csc(C)n2)OC(=O)C[C@H](O[Si](CC)(CC)CC)C(C)(C)C(=O)[C@H](C)[C@@H](O)[C@@H](C)C\C=C\1. The van der Waals surface area contributed by atoms with E-state index < -0.39 is 38.0 Å². The van der Waals surface area contributed by atoms with Crippen LogP contribution in [-0.4, -0.2) is 48.5 Å². The number of nitrogens with zero attached hydrogens (tertiary/aromatic N) is 1. The molecule has 1 aromatic rings. The van der Waals surface area contributed by atoms with E-state index in [1.807, 2.05) is 46.1 Å². The Hall–Kier alpha value is -1.87. The van der Waals surface area contributed by atoms with Crippen LogP contribution in [0.1, 0.15) is 98.7 Å². The molecule has 0 unspecified atom stereocenters. The molecule has 0 aromatic carbocycles. The fraction of sp³-hybridized carbons (Fsp3) is 0.676. The van der Waals surface area contributed by atoms with Crippen molar-refractivity contribution in [3.05, 3.63) is 45.5 Å². The molecule has 1 aliphatic rings. The Morgan fingerprint density at radius 3 is 2.36 bits per heavy atom. The van der Waals surface area contributed by atoms with Gasteiger partial charge in [0.25, 0.3) is 0 Å². The van der Waals surface area contributed by atoms with E-state index in [9.17, 15) is 14.7 Å². The van der Waals surface area contributed by atoms with Crippen LogP contribution in [0.5, 0.6) is 0 Å². The van der Waals surface area contributed by atoms with Gasteiger partial charge in [-0.1, -0.05) is 79.2 Å². The van der Waals surface area contributed by atoms with E-state index in [2.05, 4.69) is 50.9 Å². The van der Waals surface area contributed by atoms with Gasteiger partial charge < -0.3 is 14.3 Å². The Morgan fingerprint density at radius 2 is 1.81 bits per heavy atom. The molecule has 1 aliphatic heterocycles. The molecule has 2 heterocycles. The maximum Gasteiger partial charge on any atom is 0.309 e. The summed E-state index contributed by atoms with van der Waals surface area (Å²) in [4.78, 5) is 32.3. The molecule has 42 heavy (non-hydrogen) atoms. The van der Waals surface area contributed by atoms with E-state index in [1.54, 1.807) is 18.3 Å². The Labute approximate surface area is 259 Å². The summed E-state index contributed by atoms with van der Waals surface area (Å²) in [5, 5.41) is 14.2. The van der Waals surface area contributed by atoms with Crippen molar-refractivity contribution in [2.75, 3.05) is 0 Å². The number of aliphatic hydroxyl groups excluding tert-OH is 1. The van der Waals surface area contributed by atoms with E-state index >= 15 is 0 Å². The third kappa shape index (κ3) is 9.56. The summed E-state index contributed by atoms with van der Waals surface area (Å²) in [6.07, 6.45) is 8.39. The predicted octanol–water partition coefficient (Wildman–Crippen LogP) is 8.46. The highest BCUT2D eigenvalue weighted by Gasteiger charge is 2.46. The highest BCUT2D eigenvalue weighted by molar-refractivity contribution is 7.09. The van der Waals surface area contributed by atoms with Crippen LogP contribution in [0.4, 0.5) is 0 Å². The Bertz CT molecular complexity index is 1120. The van der Waals surface area contributed by atoms with E-state index in [-0.39, 0.29) is 24.1 Å². The first kappa shape index (κ1) is 36.3. The number of esters is 1. The van der Waals surface area contributed by atoms with Gasteiger partial charge in [-0.15, -0.1) is 11.3 Å². The number of cyclic esters (lactones) is 1. The number of ether oxygens (including phenoxy) is 1. The van der Waals surface area contributed by atoms with E-state index in [0.29, 0.717) is 12.8 Å². The molecule has 1 aromatic heterocycles. The van der Waals surface area contributed by atoms with Crippen molar-refractivity contribution in [3.8, 4) is 0 Å². The molecule has 5 atom stereocenters. The lowest BCUT2D eigenvalue weighted by molar-refractivity contribution is -0.153. The molecule has 0 bridgehead atoms. The number of rotatable bonds is 8. The number of aryl methyl sites for hydroxylation is 1. The van der Waals surface area contributed by atoms with Gasteiger partial charge in [-0.3, -0.25) is 9.59 Å². The lowest BCUT2D eigenvalue weighted by atomic mass is 9.73. The molecule has 2 rings (SSSR count).